The molecule has 216 valence electrons. The molecule has 0 fully saturated rings. The zero-order chi connectivity index (χ0) is 30.5. The van der Waals surface area contributed by atoms with Crippen molar-refractivity contribution in [3.8, 4) is 33.4 Å². The third kappa shape index (κ3) is 4.55. The molecule has 7 aromatic carbocycles. The number of fused-ring (bicyclic) bond motifs is 4. The molecule has 0 spiro atoms. The lowest BCUT2D eigenvalue weighted by atomic mass is 9.82. The molecule has 0 amide bonds. The fourth-order valence-corrected chi connectivity index (χ4v) is 7.20. The van der Waals surface area contributed by atoms with Gasteiger partial charge in [0.15, 0.2) is 0 Å². The first-order valence-electron chi connectivity index (χ1n) is 15.8. The minimum Gasteiger partial charge on any atom is -0.310 e. The van der Waals surface area contributed by atoms with E-state index < -0.39 is 0 Å². The van der Waals surface area contributed by atoms with Crippen LogP contribution in [-0.4, -0.2) is 0 Å². The average Bonchev–Trinajstić information content (AvgIpc) is 3.31. The van der Waals surface area contributed by atoms with Gasteiger partial charge in [-0.25, -0.2) is 0 Å². The molecule has 1 aliphatic rings. The summed E-state index contributed by atoms with van der Waals surface area (Å²) in [6.45, 7) is 6.92. The Kier molecular flexibility index (Phi) is 6.43. The van der Waals surface area contributed by atoms with E-state index in [4.69, 9.17) is 0 Å². The lowest BCUT2D eigenvalue weighted by Crippen LogP contribution is -2.17. The van der Waals surface area contributed by atoms with Crippen LogP contribution in [0.3, 0.4) is 0 Å². The molecule has 1 aliphatic carbocycles. The highest BCUT2D eigenvalue weighted by atomic mass is 15.1. The zero-order valence-corrected chi connectivity index (χ0v) is 26.0. The molecule has 8 rings (SSSR count). The van der Waals surface area contributed by atoms with Gasteiger partial charge in [0.05, 0.1) is 5.69 Å². The Labute approximate surface area is 266 Å². The van der Waals surface area contributed by atoms with Crippen molar-refractivity contribution in [2.75, 3.05) is 4.90 Å². The van der Waals surface area contributed by atoms with E-state index in [0.29, 0.717) is 0 Å². The van der Waals surface area contributed by atoms with Gasteiger partial charge in [-0.3, -0.25) is 0 Å². The molecule has 0 aliphatic heterocycles. The van der Waals surface area contributed by atoms with Gasteiger partial charge in [0, 0.05) is 22.4 Å². The standard InChI is InChI=1S/C44H35N/c1-30-13-7-10-18-37(30)40-27-33-16-8-9-17-34(33)28-43(40)45(35-23-21-32(22-24-35)31-14-5-4-6-15-31)36-25-26-39-38-19-11-12-20-41(38)44(2,3)42(39)29-36/h4-29H,1-3H3. The Morgan fingerprint density at radius 1 is 0.422 bits per heavy atom. The lowest BCUT2D eigenvalue weighted by Gasteiger charge is -2.30. The molecule has 0 bridgehead atoms. The third-order valence-electron chi connectivity index (χ3n) is 9.60. The van der Waals surface area contributed by atoms with E-state index in [0.717, 1.165) is 11.4 Å². The van der Waals surface area contributed by atoms with Gasteiger partial charge < -0.3 is 4.90 Å². The van der Waals surface area contributed by atoms with Gasteiger partial charge in [-0.05, 0) is 98.6 Å². The van der Waals surface area contributed by atoms with E-state index in [1.165, 1.54) is 66.5 Å². The minimum atomic E-state index is -0.0903. The summed E-state index contributed by atoms with van der Waals surface area (Å²) in [4.78, 5) is 2.46. The van der Waals surface area contributed by atoms with Crippen molar-refractivity contribution in [1.29, 1.82) is 0 Å². The molecule has 0 aromatic heterocycles. The van der Waals surface area contributed by atoms with Gasteiger partial charge in [-0.1, -0.05) is 135 Å². The van der Waals surface area contributed by atoms with Crippen molar-refractivity contribution in [2.45, 2.75) is 26.2 Å². The summed E-state index contributed by atoms with van der Waals surface area (Å²) in [5.74, 6) is 0. The summed E-state index contributed by atoms with van der Waals surface area (Å²) in [7, 11) is 0. The molecule has 7 aromatic rings. The van der Waals surface area contributed by atoms with Crippen LogP contribution in [0.2, 0.25) is 0 Å². The number of benzene rings is 7. The van der Waals surface area contributed by atoms with Crippen LogP contribution < -0.4 is 4.90 Å². The number of aryl methyl sites for hydroxylation is 1. The zero-order valence-electron chi connectivity index (χ0n) is 26.0. The molecule has 0 atom stereocenters. The SMILES string of the molecule is Cc1ccccc1-c1cc2ccccc2cc1N(c1ccc(-c2ccccc2)cc1)c1ccc2c(c1)C(C)(C)c1ccccc1-2. The molecule has 0 saturated heterocycles. The van der Waals surface area contributed by atoms with Crippen LogP contribution in [0.25, 0.3) is 44.2 Å². The van der Waals surface area contributed by atoms with E-state index in [1.54, 1.807) is 0 Å². The monoisotopic (exact) mass is 577 g/mol. The largest absolute Gasteiger partial charge is 0.310 e. The molecule has 0 heterocycles. The molecular weight excluding hydrogens is 542 g/mol. The van der Waals surface area contributed by atoms with Gasteiger partial charge in [0.2, 0.25) is 0 Å². The van der Waals surface area contributed by atoms with E-state index >= 15 is 0 Å². The second-order valence-corrected chi connectivity index (χ2v) is 12.7. The predicted molar refractivity (Wildman–Crippen MR) is 192 cm³/mol. The minimum absolute atomic E-state index is 0.0903. The lowest BCUT2D eigenvalue weighted by molar-refractivity contribution is 0.660. The first-order valence-corrected chi connectivity index (χ1v) is 15.8. The van der Waals surface area contributed by atoms with Crippen molar-refractivity contribution >= 4 is 27.8 Å². The summed E-state index contributed by atoms with van der Waals surface area (Å²) < 4.78 is 0. The van der Waals surface area contributed by atoms with Crippen molar-refractivity contribution in [2.24, 2.45) is 0 Å². The van der Waals surface area contributed by atoms with Gasteiger partial charge in [-0.15, -0.1) is 0 Å². The van der Waals surface area contributed by atoms with Crippen LogP contribution >= 0.6 is 0 Å². The van der Waals surface area contributed by atoms with E-state index in [9.17, 15) is 0 Å². The highest BCUT2D eigenvalue weighted by molar-refractivity contribution is 5.99. The highest BCUT2D eigenvalue weighted by Crippen LogP contribution is 2.51. The maximum absolute atomic E-state index is 2.46. The van der Waals surface area contributed by atoms with Gasteiger partial charge in [0.1, 0.15) is 0 Å². The first-order chi connectivity index (χ1) is 22.0. The van der Waals surface area contributed by atoms with E-state index in [-0.39, 0.29) is 5.41 Å². The topological polar surface area (TPSA) is 3.24 Å². The smallest absolute Gasteiger partial charge is 0.0546 e. The van der Waals surface area contributed by atoms with Gasteiger partial charge >= 0.3 is 0 Å². The Balaban J connectivity index is 1.38. The number of hydrogen-bond acceptors (Lipinski definition) is 1. The van der Waals surface area contributed by atoms with Crippen molar-refractivity contribution in [3.05, 3.63) is 174 Å². The summed E-state index contributed by atoms with van der Waals surface area (Å²) in [5.41, 5.74) is 15.0. The van der Waals surface area contributed by atoms with E-state index in [1.807, 2.05) is 0 Å². The van der Waals surface area contributed by atoms with Crippen LogP contribution in [0.5, 0.6) is 0 Å². The van der Waals surface area contributed by atoms with Crippen LogP contribution in [0.15, 0.2) is 158 Å². The van der Waals surface area contributed by atoms with Crippen molar-refractivity contribution in [3.63, 3.8) is 0 Å². The molecule has 0 unspecified atom stereocenters. The average molecular weight is 578 g/mol. The number of anilines is 3. The second-order valence-electron chi connectivity index (χ2n) is 12.7. The third-order valence-corrected chi connectivity index (χ3v) is 9.60. The number of hydrogen-bond donors (Lipinski definition) is 0. The number of rotatable bonds is 5. The Bertz CT molecular complexity index is 2190. The van der Waals surface area contributed by atoms with Crippen LogP contribution in [0, 0.1) is 6.92 Å². The fourth-order valence-electron chi connectivity index (χ4n) is 7.20. The number of nitrogens with zero attached hydrogens (tertiary/aromatic N) is 1. The Morgan fingerprint density at radius 3 is 1.76 bits per heavy atom. The van der Waals surface area contributed by atoms with Crippen LogP contribution in [0.1, 0.15) is 30.5 Å². The van der Waals surface area contributed by atoms with E-state index in [2.05, 4.69) is 183 Å². The summed E-state index contributed by atoms with van der Waals surface area (Å²) in [6, 6.07) is 57.8. The summed E-state index contributed by atoms with van der Waals surface area (Å²) in [5, 5.41) is 2.47. The molecule has 0 saturated carbocycles. The molecular formula is C44H35N. The maximum atomic E-state index is 2.46. The summed E-state index contributed by atoms with van der Waals surface area (Å²) in [6.07, 6.45) is 0. The molecule has 45 heavy (non-hydrogen) atoms. The molecule has 0 radical (unpaired) electrons. The Morgan fingerprint density at radius 2 is 1.00 bits per heavy atom. The Hall–Kier alpha value is -5.40. The van der Waals surface area contributed by atoms with Gasteiger partial charge in [0.25, 0.3) is 0 Å². The second kappa shape index (κ2) is 10.6. The molecule has 1 heteroatoms. The fraction of sp³-hybridized carbons (Fsp3) is 0.0909. The van der Waals surface area contributed by atoms with Crippen LogP contribution in [-0.2, 0) is 5.41 Å². The quantitative estimate of drug-likeness (QED) is 0.197. The van der Waals surface area contributed by atoms with Gasteiger partial charge in [-0.2, -0.15) is 0 Å². The summed E-state index contributed by atoms with van der Waals surface area (Å²) >= 11 is 0. The highest BCUT2D eigenvalue weighted by Gasteiger charge is 2.36. The molecule has 1 nitrogen and oxygen atoms in total. The first kappa shape index (κ1) is 27.2. The predicted octanol–water partition coefficient (Wildman–Crippen LogP) is 12.3. The molecule has 0 N–H and O–H groups in total. The van der Waals surface area contributed by atoms with Crippen molar-refractivity contribution < 1.29 is 0 Å². The maximum Gasteiger partial charge on any atom is 0.0546 e. The normalized spacial score (nSPS) is 13.0. The van der Waals surface area contributed by atoms with Crippen LogP contribution in [0.4, 0.5) is 17.1 Å². The van der Waals surface area contributed by atoms with Crippen molar-refractivity contribution in [1.82, 2.24) is 0 Å².